The monoisotopic (exact) mass is 351 g/mol. The molecule has 2 aromatic rings. The number of anilines is 2. The zero-order valence-corrected chi connectivity index (χ0v) is 14.6. The lowest BCUT2D eigenvalue weighted by Crippen LogP contribution is -2.21. The summed E-state index contributed by atoms with van der Waals surface area (Å²) in [7, 11) is 0. The van der Waals surface area contributed by atoms with Crippen LogP contribution >= 0.6 is 23.2 Å². The van der Waals surface area contributed by atoms with E-state index in [-0.39, 0.29) is 5.75 Å². The first-order chi connectivity index (χ1) is 11.0. The normalized spacial score (nSPS) is 11.0. The van der Waals surface area contributed by atoms with Gasteiger partial charge in [-0.25, -0.2) is 0 Å². The number of hydrogen-bond acceptors (Lipinski definition) is 4. The first-order valence-electron chi connectivity index (χ1n) is 7.37. The third-order valence-corrected chi connectivity index (χ3v) is 4.20. The number of benzene rings is 2. The molecule has 0 atom stereocenters. The molecule has 0 aliphatic carbocycles. The van der Waals surface area contributed by atoms with Gasteiger partial charge in [0.15, 0.2) is 0 Å². The van der Waals surface area contributed by atoms with Crippen LogP contribution in [0.15, 0.2) is 41.5 Å². The Labute approximate surface area is 146 Å². The first-order valence-corrected chi connectivity index (χ1v) is 8.12. The van der Waals surface area contributed by atoms with Crippen LogP contribution in [0.5, 0.6) is 5.75 Å². The molecule has 0 heterocycles. The summed E-state index contributed by atoms with van der Waals surface area (Å²) in [6.45, 7) is 5.94. The van der Waals surface area contributed by atoms with Crippen molar-refractivity contribution in [3.8, 4) is 5.75 Å². The van der Waals surface area contributed by atoms with E-state index in [0.717, 1.165) is 24.5 Å². The highest BCUT2D eigenvalue weighted by Crippen LogP contribution is 2.25. The van der Waals surface area contributed by atoms with Gasteiger partial charge < -0.3 is 10.0 Å². The minimum absolute atomic E-state index is 0.189. The smallest absolute Gasteiger partial charge is 0.126 e. The lowest BCUT2D eigenvalue weighted by molar-refractivity contribution is 0.474. The van der Waals surface area contributed by atoms with E-state index >= 15 is 0 Å². The van der Waals surface area contributed by atoms with Crippen LogP contribution in [-0.2, 0) is 0 Å². The number of phenols is 1. The van der Waals surface area contributed by atoms with Crippen molar-refractivity contribution in [3.63, 3.8) is 0 Å². The van der Waals surface area contributed by atoms with Gasteiger partial charge in [-0.1, -0.05) is 23.2 Å². The number of phenolic OH excluding ortho intramolecular Hbond substituents is 1. The lowest BCUT2D eigenvalue weighted by Gasteiger charge is -2.21. The largest absolute Gasteiger partial charge is 0.507 e. The molecular weight excluding hydrogens is 333 g/mol. The summed E-state index contributed by atoms with van der Waals surface area (Å²) in [5.74, 6) is 0.189. The summed E-state index contributed by atoms with van der Waals surface area (Å²) in [5.41, 5.74) is 5.19. The van der Waals surface area contributed by atoms with Gasteiger partial charge in [0, 0.05) is 30.4 Å². The van der Waals surface area contributed by atoms with E-state index < -0.39 is 0 Å². The third-order valence-electron chi connectivity index (χ3n) is 3.46. The van der Waals surface area contributed by atoms with Crippen molar-refractivity contribution in [2.24, 2.45) is 5.10 Å². The van der Waals surface area contributed by atoms with Crippen molar-refractivity contribution in [1.29, 1.82) is 0 Å². The van der Waals surface area contributed by atoms with Crippen LogP contribution in [0.25, 0.3) is 0 Å². The minimum Gasteiger partial charge on any atom is -0.507 e. The van der Waals surface area contributed by atoms with E-state index in [0.29, 0.717) is 15.6 Å². The van der Waals surface area contributed by atoms with E-state index in [2.05, 4.69) is 29.3 Å². The molecule has 4 nitrogen and oxygen atoms in total. The SMILES string of the molecule is CCN(CC)c1ccc(C=NNc2ccc(Cl)c(Cl)c2)c(O)c1. The van der Waals surface area contributed by atoms with E-state index in [1.165, 1.54) is 0 Å². The third kappa shape index (κ3) is 4.53. The highest BCUT2D eigenvalue weighted by Gasteiger charge is 2.05. The Balaban J connectivity index is 2.09. The Morgan fingerprint density at radius 1 is 1.09 bits per heavy atom. The van der Waals surface area contributed by atoms with Crippen molar-refractivity contribution in [2.45, 2.75) is 13.8 Å². The van der Waals surface area contributed by atoms with Gasteiger partial charge >= 0.3 is 0 Å². The van der Waals surface area contributed by atoms with Gasteiger partial charge in [0.2, 0.25) is 0 Å². The maximum absolute atomic E-state index is 10.1. The molecule has 0 unspecified atom stereocenters. The summed E-state index contributed by atoms with van der Waals surface area (Å²) in [4.78, 5) is 2.16. The quantitative estimate of drug-likeness (QED) is 0.569. The molecule has 122 valence electrons. The van der Waals surface area contributed by atoms with Gasteiger partial charge in [-0.2, -0.15) is 5.10 Å². The average molecular weight is 352 g/mol. The molecule has 0 aliphatic rings. The fourth-order valence-electron chi connectivity index (χ4n) is 2.17. The van der Waals surface area contributed by atoms with Crippen LogP contribution in [0, 0.1) is 0 Å². The predicted molar refractivity (Wildman–Crippen MR) is 99.3 cm³/mol. The van der Waals surface area contributed by atoms with Crippen LogP contribution in [-0.4, -0.2) is 24.4 Å². The zero-order chi connectivity index (χ0) is 16.8. The number of halogens is 2. The Morgan fingerprint density at radius 2 is 1.83 bits per heavy atom. The second-order valence-corrected chi connectivity index (χ2v) is 5.73. The lowest BCUT2D eigenvalue weighted by atomic mass is 10.2. The highest BCUT2D eigenvalue weighted by molar-refractivity contribution is 6.42. The van der Waals surface area contributed by atoms with E-state index in [4.69, 9.17) is 23.2 Å². The number of hydrogen-bond donors (Lipinski definition) is 2. The number of nitrogens with one attached hydrogen (secondary N) is 1. The van der Waals surface area contributed by atoms with E-state index in [1.54, 1.807) is 30.5 Å². The molecule has 0 radical (unpaired) electrons. The molecule has 0 amide bonds. The molecule has 0 spiro atoms. The highest BCUT2D eigenvalue weighted by atomic mass is 35.5. The summed E-state index contributed by atoms with van der Waals surface area (Å²) in [6.07, 6.45) is 1.56. The van der Waals surface area contributed by atoms with Crippen LogP contribution in [0.1, 0.15) is 19.4 Å². The molecular formula is C17H19Cl2N3O. The summed E-state index contributed by atoms with van der Waals surface area (Å²) >= 11 is 11.8. The zero-order valence-electron chi connectivity index (χ0n) is 13.1. The molecule has 0 saturated carbocycles. The number of hydrazone groups is 1. The van der Waals surface area contributed by atoms with Crippen LogP contribution in [0.3, 0.4) is 0 Å². The first kappa shape index (κ1) is 17.4. The second kappa shape index (κ2) is 8.09. The Kier molecular flexibility index (Phi) is 6.13. The minimum atomic E-state index is 0.189. The van der Waals surface area contributed by atoms with Gasteiger partial charge in [0.25, 0.3) is 0 Å². The van der Waals surface area contributed by atoms with Gasteiger partial charge in [-0.3, -0.25) is 5.43 Å². The molecule has 23 heavy (non-hydrogen) atoms. The summed E-state index contributed by atoms with van der Waals surface area (Å²) in [5, 5.41) is 15.2. The predicted octanol–water partition coefficient (Wildman–Crippen LogP) is 4.99. The van der Waals surface area contributed by atoms with Gasteiger partial charge in [-0.15, -0.1) is 0 Å². The molecule has 0 aliphatic heterocycles. The van der Waals surface area contributed by atoms with Gasteiger partial charge in [-0.05, 0) is 44.2 Å². The van der Waals surface area contributed by atoms with Crippen molar-refractivity contribution in [1.82, 2.24) is 0 Å². The van der Waals surface area contributed by atoms with Crippen molar-refractivity contribution in [2.75, 3.05) is 23.4 Å². The van der Waals surface area contributed by atoms with Crippen LogP contribution in [0.2, 0.25) is 10.0 Å². The summed E-state index contributed by atoms with van der Waals surface area (Å²) < 4.78 is 0. The molecule has 0 bridgehead atoms. The van der Waals surface area contributed by atoms with E-state index in [1.807, 2.05) is 12.1 Å². The maximum atomic E-state index is 10.1. The fourth-order valence-corrected chi connectivity index (χ4v) is 2.47. The Morgan fingerprint density at radius 3 is 2.43 bits per heavy atom. The molecule has 2 aromatic carbocycles. The van der Waals surface area contributed by atoms with Crippen molar-refractivity contribution < 1.29 is 5.11 Å². The van der Waals surface area contributed by atoms with Gasteiger partial charge in [0.05, 0.1) is 21.9 Å². The Hall–Kier alpha value is -1.91. The van der Waals surface area contributed by atoms with Crippen molar-refractivity contribution >= 4 is 40.8 Å². The fraction of sp³-hybridized carbons (Fsp3) is 0.235. The number of nitrogens with zero attached hydrogens (tertiary/aromatic N) is 2. The molecule has 2 rings (SSSR count). The van der Waals surface area contributed by atoms with E-state index in [9.17, 15) is 5.11 Å². The number of rotatable bonds is 6. The second-order valence-electron chi connectivity index (χ2n) is 4.91. The maximum Gasteiger partial charge on any atom is 0.126 e. The molecule has 0 fully saturated rings. The van der Waals surface area contributed by atoms with Crippen LogP contribution < -0.4 is 10.3 Å². The molecule has 2 N–H and O–H groups in total. The Bertz CT molecular complexity index is 700. The van der Waals surface area contributed by atoms with Gasteiger partial charge in [0.1, 0.15) is 5.75 Å². The number of aromatic hydroxyl groups is 1. The molecule has 0 aromatic heterocycles. The molecule has 6 heteroatoms. The topological polar surface area (TPSA) is 47.9 Å². The standard InChI is InChI=1S/C17H19Cl2N3O/c1-3-22(4-2)14-7-5-12(17(23)10-14)11-20-21-13-6-8-15(18)16(19)9-13/h5-11,21,23H,3-4H2,1-2H3. The van der Waals surface area contributed by atoms with Crippen molar-refractivity contribution in [3.05, 3.63) is 52.0 Å². The summed E-state index contributed by atoms with van der Waals surface area (Å²) in [6, 6.07) is 10.7. The molecule has 0 saturated heterocycles. The van der Waals surface area contributed by atoms with Crippen LogP contribution in [0.4, 0.5) is 11.4 Å². The average Bonchev–Trinajstić information content (AvgIpc) is 2.54.